The fourth-order valence-corrected chi connectivity index (χ4v) is 6.68. The molecule has 2 nitrogen and oxygen atoms in total. The summed E-state index contributed by atoms with van der Waals surface area (Å²) in [6.07, 6.45) is 0. The van der Waals surface area contributed by atoms with Gasteiger partial charge in [0.05, 0.1) is 24.8 Å². The SMILES string of the molecule is [2H]c1cc2c(c([2H])c1-c1ccc3c(c1)c1ccc(-c4ccccc4)cc1n3-c1ccccc1)c1ccccc1n2-c1ccccc1. The third kappa shape index (κ3) is 3.82. The molecule has 9 rings (SSSR count). The average molecular weight is 563 g/mol. The van der Waals surface area contributed by atoms with Gasteiger partial charge >= 0.3 is 0 Å². The predicted octanol–water partition coefficient (Wildman–Crippen LogP) is 11.2. The van der Waals surface area contributed by atoms with Crippen LogP contribution in [0, 0.1) is 0 Å². The highest BCUT2D eigenvalue weighted by atomic mass is 15.0. The van der Waals surface area contributed by atoms with Crippen LogP contribution in [0.1, 0.15) is 2.74 Å². The maximum absolute atomic E-state index is 9.57. The smallest absolute Gasteiger partial charge is 0.0637 e. The third-order valence-corrected chi connectivity index (χ3v) is 8.71. The Morgan fingerprint density at radius 3 is 1.64 bits per heavy atom. The van der Waals surface area contributed by atoms with Crippen LogP contribution in [-0.4, -0.2) is 9.13 Å². The lowest BCUT2D eigenvalue weighted by Crippen LogP contribution is -1.93. The van der Waals surface area contributed by atoms with Crippen LogP contribution in [-0.2, 0) is 0 Å². The van der Waals surface area contributed by atoms with Gasteiger partial charge in [-0.1, -0.05) is 109 Å². The van der Waals surface area contributed by atoms with Crippen molar-refractivity contribution in [2.45, 2.75) is 0 Å². The second kappa shape index (κ2) is 9.86. The number of hydrogen-bond acceptors (Lipinski definition) is 0. The Kier molecular flexibility index (Phi) is 5.09. The van der Waals surface area contributed by atoms with Gasteiger partial charge in [0.2, 0.25) is 0 Å². The molecule has 0 amide bonds. The summed E-state index contributed by atoms with van der Waals surface area (Å²) in [5.41, 5.74) is 10.1. The normalized spacial score (nSPS) is 12.3. The van der Waals surface area contributed by atoms with Crippen molar-refractivity contribution in [1.82, 2.24) is 9.13 Å². The molecule has 0 saturated heterocycles. The van der Waals surface area contributed by atoms with Gasteiger partial charge in [-0.2, -0.15) is 0 Å². The largest absolute Gasteiger partial charge is 0.309 e. The number of fused-ring (bicyclic) bond motifs is 6. The summed E-state index contributed by atoms with van der Waals surface area (Å²) in [5, 5.41) is 4.12. The highest BCUT2D eigenvalue weighted by molar-refractivity contribution is 6.13. The molecule has 2 heteroatoms. The van der Waals surface area contributed by atoms with Gasteiger partial charge < -0.3 is 9.13 Å². The molecule has 2 heterocycles. The van der Waals surface area contributed by atoms with E-state index in [1.165, 1.54) is 5.56 Å². The maximum Gasteiger partial charge on any atom is 0.0637 e. The molecule has 7 aromatic carbocycles. The van der Waals surface area contributed by atoms with E-state index in [1.807, 2.05) is 48.5 Å². The minimum Gasteiger partial charge on any atom is -0.309 e. The van der Waals surface area contributed by atoms with Crippen molar-refractivity contribution in [3.63, 3.8) is 0 Å². The zero-order valence-corrected chi connectivity index (χ0v) is 23.9. The summed E-state index contributed by atoms with van der Waals surface area (Å²) in [6.45, 7) is 0. The molecule has 9 aromatic rings. The number of hydrogen-bond donors (Lipinski definition) is 0. The van der Waals surface area contributed by atoms with E-state index in [4.69, 9.17) is 0 Å². The summed E-state index contributed by atoms with van der Waals surface area (Å²) in [4.78, 5) is 0. The Morgan fingerprint density at radius 2 is 0.886 bits per heavy atom. The summed E-state index contributed by atoms with van der Waals surface area (Å²) in [7, 11) is 0. The molecule has 0 unspecified atom stereocenters. The minimum absolute atomic E-state index is 0.343. The van der Waals surface area contributed by atoms with Crippen LogP contribution < -0.4 is 0 Å². The van der Waals surface area contributed by atoms with Crippen LogP contribution in [0.15, 0.2) is 170 Å². The topological polar surface area (TPSA) is 9.86 Å². The zero-order valence-electron chi connectivity index (χ0n) is 25.9. The molecule has 0 saturated carbocycles. The molecule has 0 N–H and O–H groups in total. The van der Waals surface area contributed by atoms with Crippen LogP contribution in [0.3, 0.4) is 0 Å². The number of rotatable bonds is 4. The first-order chi connectivity index (χ1) is 22.7. The Labute approximate surface area is 258 Å². The van der Waals surface area contributed by atoms with Gasteiger partial charge in [0.25, 0.3) is 0 Å². The number of nitrogens with zero attached hydrogens (tertiary/aromatic N) is 2. The molecule has 0 fully saturated rings. The monoisotopic (exact) mass is 562 g/mol. The standard InChI is InChI=1S/C42H28N2/c1-4-12-29(13-5-1)32-20-23-36-38-27-31(22-25-41(38)44(42(36)28-32)34-16-8-3-9-17-34)30-21-24-40-37(26-30)35-18-10-11-19-39(35)43(40)33-14-6-2-7-15-33/h1-28H/i21D,26D. The first kappa shape index (κ1) is 22.7. The van der Waals surface area contributed by atoms with E-state index < -0.39 is 0 Å². The zero-order chi connectivity index (χ0) is 30.8. The van der Waals surface area contributed by atoms with Gasteiger partial charge in [-0.15, -0.1) is 0 Å². The van der Waals surface area contributed by atoms with Gasteiger partial charge in [0.1, 0.15) is 0 Å². The highest BCUT2D eigenvalue weighted by Crippen LogP contribution is 2.39. The van der Waals surface area contributed by atoms with E-state index in [-0.39, 0.29) is 0 Å². The lowest BCUT2D eigenvalue weighted by atomic mass is 9.99. The molecule has 2 aromatic heterocycles. The van der Waals surface area contributed by atoms with E-state index in [0.29, 0.717) is 17.6 Å². The lowest BCUT2D eigenvalue weighted by Gasteiger charge is -2.09. The van der Waals surface area contributed by atoms with Crippen molar-refractivity contribution in [1.29, 1.82) is 0 Å². The highest BCUT2D eigenvalue weighted by Gasteiger charge is 2.16. The molecule has 0 bridgehead atoms. The third-order valence-electron chi connectivity index (χ3n) is 8.71. The van der Waals surface area contributed by atoms with E-state index >= 15 is 0 Å². The maximum atomic E-state index is 9.57. The average Bonchev–Trinajstić information content (AvgIpc) is 3.61. The molecular weight excluding hydrogens is 532 g/mol. The Balaban J connectivity index is 1.31. The van der Waals surface area contributed by atoms with Crippen molar-refractivity contribution < 1.29 is 2.74 Å². The molecule has 0 spiro atoms. The fraction of sp³-hybridized carbons (Fsp3) is 0. The summed E-state index contributed by atoms with van der Waals surface area (Å²) >= 11 is 0. The summed E-state index contributed by atoms with van der Waals surface area (Å²) in [5.74, 6) is 0. The Morgan fingerprint density at radius 1 is 0.341 bits per heavy atom. The first-order valence-electron chi connectivity index (χ1n) is 16.0. The molecule has 0 aliphatic heterocycles. The fourth-order valence-electron chi connectivity index (χ4n) is 6.68. The molecular formula is C42H28N2. The summed E-state index contributed by atoms with van der Waals surface area (Å²) in [6, 6.07) is 55.1. The van der Waals surface area contributed by atoms with Crippen LogP contribution in [0.2, 0.25) is 0 Å². The van der Waals surface area contributed by atoms with Gasteiger partial charge in [0.15, 0.2) is 0 Å². The number of benzene rings is 7. The molecule has 0 radical (unpaired) electrons. The van der Waals surface area contributed by atoms with Gasteiger partial charge in [-0.25, -0.2) is 0 Å². The van der Waals surface area contributed by atoms with Crippen LogP contribution in [0.5, 0.6) is 0 Å². The second-order valence-corrected chi connectivity index (χ2v) is 11.2. The van der Waals surface area contributed by atoms with Gasteiger partial charge in [0, 0.05) is 32.9 Å². The second-order valence-electron chi connectivity index (χ2n) is 11.2. The van der Waals surface area contributed by atoms with E-state index in [9.17, 15) is 2.74 Å². The van der Waals surface area contributed by atoms with E-state index in [1.54, 1.807) is 0 Å². The van der Waals surface area contributed by atoms with E-state index in [2.05, 4.69) is 118 Å². The Bertz CT molecular complexity index is 2580. The molecule has 44 heavy (non-hydrogen) atoms. The van der Waals surface area contributed by atoms with Crippen molar-refractivity contribution in [2.75, 3.05) is 0 Å². The van der Waals surface area contributed by atoms with Crippen LogP contribution in [0.4, 0.5) is 0 Å². The van der Waals surface area contributed by atoms with Gasteiger partial charge in [-0.05, 0) is 82.9 Å². The Hall–Kier alpha value is -5.86. The summed E-state index contributed by atoms with van der Waals surface area (Å²) < 4.78 is 23.3. The minimum atomic E-state index is 0.343. The molecule has 0 atom stereocenters. The van der Waals surface area contributed by atoms with Crippen molar-refractivity contribution in [3.8, 4) is 33.6 Å². The molecule has 0 aliphatic rings. The quantitative estimate of drug-likeness (QED) is 0.202. The van der Waals surface area contributed by atoms with Crippen LogP contribution >= 0.6 is 0 Å². The van der Waals surface area contributed by atoms with E-state index in [0.717, 1.165) is 66.1 Å². The van der Waals surface area contributed by atoms with Crippen molar-refractivity contribution in [3.05, 3.63) is 170 Å². The number of para-hydroxylation sites is 3. The van der Waals surface area contributed by atoms with Crippen LogP contribution in [0.25, 0.3) is 77.2 Å². The predicted molar refractivity (Wildman–Crippen MR) is 186 cm³/mol. The van der Waals surface area contributed by atoms with Crippen molar-refractivity contribution >= 4 is 43.6 Å². The van der Waals surface area contributed by atoms with Crippen molar-refractivity contribution in [2.24, 2.45) is 0 Å². The lowest BCUT2D eigenvalue weighted by molar-refractivity contribution is 1.18. The number of aromatic nitrogens is 2. The molecule has 0 aliphatic carbocycles. The first-order valence-corrected chi connectivity index (χ1v) is 15.0. The molecule has 206 valence electrons. The van der Waals surface area contributed by atoms with Gasteiger partial charge in [-0.3, -0.25) is 0 Å².